The van der Waals surface area contributed by atoms with E-state index in [9.17, 15) is 31.9 Å². The zero-order valence-electron chi connectivity index (χ0n) is 34.2. The Morgan fingerprint density at radius 3 is 1.61 bits per heavy atom. The zero-order chi connectivity index (χ0) is 43.8. The maximum Gasteiger partial charge on any atom is 0.324 e. The average Bonchev–Trinajstić information content (AvgIpc) is 3.69. The van der Waals surface area contributed by atoms with Crippen LogP contribution in [0.3, 0.4) is 0 Å². The van der Waals surface area contributed by atoms with E-state index in [2.05, 4.69) is 10.2 Å². The van der Waals surface area contributed by atoms with Gasteiger partial charge >= 0.3 is 18.5 Å². The predicted molar refractivity (Wildman–Crippen MR) is 220 cm³/mol. The summed E-state index contributed by atoms with van der Waals surface area (Å²) >= 11 is 0. The van der Waals surface area contributed by atoms with E-state index in [0.717, 1.165) is 17.2 Å². The number of urea groups is 2. The number of hydrogen-bond donors (Lipinski definition) is 1. The molecule has 5 heterocycles. The molecule has 4 saturated heterocycles. The molecule has 4 aliphatic heterocycles. The number of hydrogen-bond acceptors (Lipinski definition) is 9. The zero-order valence-corrected chi connectivity index (χ0v) is 34.2. The van der Waals surface area contributed by atoms with Gasteiger partial charge in [0.2, 0.25) is 5.89 Å². The second-order valence-electron chi connectivity index (χ2n) is 16.6. The molecule has 0 saturated carbocycles. The lowest BCUT2D eigenvalue weighted by atomic mass is 9.78. The predicted octanol–water partition coefficient (Wildman–Crippen LogP) is 7.31. The van der Waals surface area contributed by atoms with E-state index in [1.165, 1.54) is 18.2 Å². The van der Waals surface area contributed by atoms with E-state index < -0.39 is 24.0 Å². The molecule has 13 nitrogen and oxygen atoms in total. The number of nitrogens with two attached hydrogens (primary N) is 1. The number of carbonyl (C=O) groups excluding carboxylic acids is 3. The van der Waals surface area contributed by atoms with Gasteiger partial charge in [-0.1, -0.05) is 42.5 Å². The summed E-state index contributed by atoms with van der Waals surface area (Å²) in [7, 11) is 0. The maximum absolute atomic E-state index is 15.0. The SMILES string of the molecule is Cc1cccc(N(Cc2ccc(-c3nnc(C(F)F)o3)cc2F)C(=O)N2CC3(COC3)C2)c1.Cc1cccc(N(Cc2ccc(C(=O)CN)cc2F)C(=O)N2CC3(COC3)C2)c1. The highest BCUT2D eigenvalue weighted by Gasteiger charge is 2.52. The van der Waals surface area contributed by atoms with Crippen molar-refractivity contribution in [3.63, 3.8) is 0 Å². The molecule has 2 N–H and O–H groups in total. The van der Waals surface area contributed by atoms with Crippen molar-refractivity contribution in [2.75, 3.05) is 69.0 Å². The van der Waals surface area contributed by atoms with Gasteiger partial charge < -0.3 is 29.4 Å². The second kappa shape index (κ2) is 17.3. The number of aryl methyl sites for hydroxylation is 2. The molecule has 0 unspecified atom stereocenters. The first-order valence-corrected chi connectivity index (χ1v) is 20.1. The van der Waals surface area contributed by atoms with Crippen molar-refractivity contribution in [3.8, 4) is 11.5 Å². The molecule has 9 rings (SSSR count). The summed E-state index contributed by atoms with van der Waals surface area (Å²) in [4.78, 5) is 44.9. The summed E-state index contributed by atoms with van der Waals surface area (Å²) in [5.41, 5.74) is 9.89. The van der Waals surface area contributed by atoms with E-state index in [1.54, 1.807) is 31.7 Å². The average molecular weight is 856 g/mol. The molecule has 0 radical (unpaired) electrons. The molecular formula is C45H45F4N7O6. The Hall–Kier alpha value is -6.17. The van der Waals surface area contributed by atoms with Crippen LogP contribution in [0.25, 0.3) is 11.5 Å². The van der Waals surface area contributed by atoms with Gasteiger partial charge in [0, 0.05) is 59.8 Å². The number of Topliss-reactive ketones (excluding diaryl/α,β-unsaturated/α-hetero) is 1. The minimum Gasteiger partial charge on any atom is -0.415 e. The third-order valence-electron chi connectivity index (χ3n) is 11.5. The van der Waals surface area contributed by atoms with Gasteiger partial charge in [-0.05, 0) is 67.4 Å². The molecule has 62 heavy (non-hydrogen) atoms. The first-order chi connectivity index (χ1) is 29.7. The van der Waals surface area contributed by atoms with E-state index in [-0.39, 0.29) is 70.9 Å². The van der Waals surface area contributed by atoms with Gasteiger partial charge in [-0.2, -0.15) is 8.78 Å². The molecule has 4 aromatic carbocycles. The maximum atomic E-state index is 15.0. The van der Waals surface area contributed by atoms with Gasteiger partial charge in [-0.15, -0.1) is 10.2 Å². The van der Waals surface area contributed by atoms with Crippen molar-refractivity contribution < 1.29 is 45.8 Å². The molecule has 324 valence electrons. The summed E-state index contributed by atoms with van der Waals surface area (Å²) in [6.45, 7) is 8.98. The number of nitrogens with zero attached hydrogens (tertiary/aromatic N) is 6. The summed E-state index contributed by atoms with van der Waals surface area (Å²) in [5, 5.41) is 6.82. The van der Waals surface area contributed by atoms with Crippen molar-refractivity contribution in [1.29, 1.82) is 0 Å². The number of aromatic nitrogens is 2. The molecule has 4 amide bonds. The first kappa shape index (κ1) is 42.5. The lowest BCUT2D eigenvalue weighted by molar-refractivity contribution is -0.174. The number of amides is 4. The summed E-state index contributed by atoms with van der Waals surface area (Å²) in [5.74, 6) is -2.48. The number of benzene rings is 4. The number of carbonyl (C=O) groups is 3. The quantitative estimate of drug-likeness (QED) is 0.113. The fourth-order valence-corrected chi connectivity index (χ4v) is 7.97. The number of rotatable bonds is 10. The number of halogens is 4. The first-order valence-electron chi connectivity index (χ1n) is 20.1. The van der Waals surface area contributed by atoms with Crippen LogP contribution in [0, 0.1) is 36.3 Å². The Balaban J connectivity index is 0.000000172. The van der Waals surface area contributed by atoms with Crippen LogP contribution >= 0.6 is 0 Å². The van der Waals surface area contributed by atoms with E-state index in [4.69, 9.17) is 19.6 Å². The Labute approximate surface area is 355 Å². The third kappa shape index (κ3) is 8.78. The van der Waals surface area contributed by atoms with E-state index in [1.807, 2.05) is 62.4 Å². The Morgan fingerprint density at radius 1 is 0.710 bits per heavy atom. The minimum absolute atomic E-state index is 0.000513. The highest BCUT2D eigenvalue weighted by molar-refractivity contribution is 5.97. The van der Waals surface area contributed by atoms with Crippen molar-refractivity contribution in [2.45, 2.75) is 33.4 Å². The van der Waals surface area contributed by atoms with Crippen LogP contribution in [0.5, 0.6) is 0 Å². The van der Waals surface area contributed by atoms with Crippen molar-refractivity contribution in [3.05, 3.63) is 130 Å². The van der Waals surface area contributed by atoms with Gasteiger partial charge in [-0.25, -0.2) is 18.4 Å². The van der Waals surface area contributed by atoms with Gasteiger partial charge in [0.15, 0.2) is 5.78 Å². The van der Waals surface area contributed by atoms with E-state index in [0.29, 0.717) is 69.5 Å². The van der Waals surface area contributed by atoms with E-state index >= 15 is 0 Å². The van der Waals surface area contributed by atoms with Crippen LogP contribution in [0.1, 0.15) is 44.9 Å². The monoisotopic (exact) mass is 855 g/mol. The topological polar surface area (TPSA) is 148 Å². The highest BCUT2D eigenvalue weighted by Crippen LogP contribution is 2.40. The molecule has 2 spiro atoms. The number of likely N-dealkylation sites (tertiary alicyclic amines) is 2. The molecule has 0 atom stereocenters. The summed E-state index contributed by atoms with van der Waals surface area (Å²) < 4.78 is 70.6. The molecule has 4 fully saturated rings. The molecular weight excluding hydrogens is 811 g/mol. The van der Waals surface area contributed by atoms with Crippen LogP contribution in [-0.2, 0) is 22.6 Å². The molecule has 17 heteroatoms. The second-order valence-corrected chi connectivity index (χ2v) is 16.6. The Morgan fingerprint density at radius 2 is 1.21 bits per heavy atom. The summed E-state index contributed by atoms with van der Waals surface area (Å²) in [6.07, 6.45) is -2.91. The molecule has 4 aliphatic rings. The van der Waals surface area contributed by atoms with Crippen LogP contribution in [0.4, 0.5) is 38.5 Å². The van der Waals surface area contributed by atoms with Gasteiger partial charge in [0.05, 0.1) is 56.9 Å². The highest BCUT2D eigenvalue weighted by atomic mass is 19.3. The smallest absolute Gasteiger partial charge is 0.324 e. The standard InChI is InChI=1S/C23H21F3N4O3.C22H24FN3O3/c1-14-3-2-4-17(7-14)30(22(31)29-10-23(11-29)12-32-13-23)9-16-6-5-15(8-18(16)24)20-27-28-21(33-20)19(25)26;1-15-3-2-4-18(7-15)26(21(28)25-11-22(12-25)13-29-14-22)10-17-6-5-16(8-19(17)23)20(27)9-24/h2-8,19H,9-13H2,1H3;2-8H,9-14,24H2,1H3. The van der Waals surface area contributed by atoms with Crippen molar-refractivity contribution in [1.82, 2.24) is 20.0 Å². The number of ketones is 1. The lowest BCUT2D eigenvalue weighted by Crippen LogP contribution is -2.68. The molecule has 5 aromatic rings. The van der Waals surface area contributed by atoms with Crippen molar-refractivity contribution >= 4 is 29.2 Å². The summed E-state index contributed by atoms with van der Waals surface area (Å²) in [6, 6.07) is 23.1. The fourth-order valence-electron chi connectivity index (χ4n) is 7.97. The van der Waals surface area contributed by atoms with Crippen LogP contribution < -0.4 is 15.5 Å². The molecule has 1 aromatic heterocycles. The minimum atomic E-state index is -2.91. The van der Waals surface area contributed by atoms with Gasteiger partial charge in [0.25, 0.3) is 5.89 Å². The van der Waals surface area contributed by atoms with Gasteiger partial charge in [0.1, 0.15) is 11.6 Å². The fraction of sp³-hybridized carbons (Fsp3) is 0.356. The van der Waals surface area contributed by atoms with Gasteiger partial charge in [-0.3, -0.25) is 14.6 Å². The number of ether oxygens (including phenoxy) is 2. The number of alkyl halides is 2. The van der Waals surface area contributed by atoms with Crippen LogP contribution in [0.2, 0.25) is 0 Å². The van der Waals surface area contributed by atoms with Crippen LogP contribution in [0.15, 0.2) is 89.3 Å². The Bertz CT molecular complexity index is 2480. The third-order valence-corrected chi connectivity index (χ3v) is 11.5. The van der Waals surface area contributed by atoms with Crippen molar-refractivity contribution in [2.24, 2.45) is 16.6 Å². The Kier molecular flexibility index (Phi) is 11.9. The van der Waals surface area contributed by atoms with Crippen LogP contribution in [-0.4, -0.2) is 97.0 Å². The lowest BCUT2D eigenvalue weighted by Gasteiger charge is -2.55. The molecule has 0 aliphatic carbocycles. The largest absolute Gasteiger partial charge is 0.415 e. The molecule has 0 bridgehead atoms. The number of anilines is 2. The normalized spacial score (nSPS) is 16.7.